The summed E-state index contributed by atoms with van der Waals surface area (Å²) < 4.78 is 0. The van der Waals surface area contributed by atoms with Crippen molar-refractivity contribution in [3.8, 4) is 0 Å². The van der Waals surface area contributed by atoms with Crippen LogP contribution in [0.2, 0.25) is 0 Å². The van der Waals surface area contributed by atoms with Gasteiger partial charge in [0.25, 0.3) is 0 Å². The van der Waals surface area contributed by atoms with E-state index in [9.17, 15) is 0 Å². The second-order valence-electron chi connectivity index (χ2n) is 6.79. The summed E-state index contributed by atoms with van der Waals surface area (Å²) in [5.41, 5.74) is 8.23. The Morgan fingerprint density at radius 2 is 1.30 bits per heavy atom. The van der Waals surface area contributed by atoms with Gasteiger partial charge in [-0.1, -0.05) is 75.7 Å². The van der Waals surface area contributed by atoms with Crippen molar-refractivity contribution in [1.82, 2.24) is 0 Å². The predicted octanol–water partition coefficient (Wildman–Crippen LogP) is 7.58. The number of hydrogen-bond acceptors (Lipinski definition) is 0. The number of fused-ring (bicyclic) bond motifs is 4. The van der Waals surface area contributed by atoms with E-state index in [2.05, 4.69) is 72.8 Å². The number of rotatable bonds is 2. The van der Waals surface area contributed by atoms with Gasteiger partial charge in [-0.25, -0.2) is 0 Å². The molecule has 1 aliphatic rings. The first-order chi connectivity index (χ1) is 14.4. The van der Waals surface area contributed by atoms with Crippen LogP contribution in [0.25, 0.3) is 10.8 Å². The molecule has 1 aliphatic carbocycles. The van der Waals surface area contributed by atoms with Crippen LogP contribution in [0.4, 0.5) is 0 Å². The van der Waals surface area contributed by atoms with Crippen LogP contribution >= 0.6 is 0 Å². The van der Waals surface area contributed by atoms with Gasteiger partial charge in [0, 0.05) is 32.7 Å². The molecule has 0 spiro atoms. The number of hydrogen-bond donors (Lipinski definition) is 0. The smallest absolute Gasteiger partial charge is 0 e. The Morgan fingerprint density at radius 1 is 0.700 bits per heavy atom. The fourth-order valence-corrected chi connectivity index (χ4v) is 4.00. The molecule has 0 heterocycles. The van der Waals surface area contributed by atoms with E-state index in [0.717, 1.165) is 19.3 Å². The maximum Gasteiger partial charge on any atom is 0 e. The van der Waals surface area contributed by atoms with Crippen molar-refractivity contribution < 1.29 is 32.7 Å². The van der Waals surface area contributed by atoms with Gasteiger partial charge in [0.1, 0.15) is 0 Å². The third-order valence-electron chi connectivity index (χ3n) is 5.24. The van der Waals surface area contributed by atoms with Crippen LogP contribution < -0.4 is 0 Å². The standard InChI is InChI=1S/C25H18.2C2H6.Y/c1-2-8-18(9-3-1)14-21-16-22-15-19-10-4-5-11-20(19)17-25(22)24-13-7-6-12-23(21)24;2*1-2;/h1-8,10-13H,14-15,17H2;2*1-2H3;/q-2;;;. The molecule has 30 heavy (non-hydrogen) atoms. The van der Waals surface area contributed by atoms with Crippen molar-refractivity contribution in [1.29, 1.82) is 0 Å². The van der Waals surface area contributed by atoms with Crippen molar-refractivity contribution in [2.24, 2.45) is 0 Å². The van der Waals surface area contributed by atoms with E-state index < -0.39 is 0 Å². The molecule has 4 aromatic rings. The van der Waals surface area contributed by atoms with Crippen LogP contribution in [-0.2, 0) is 52.0 Å². The van der Waals surface area contributed by atoms with Crippen molar-refractivity contribution >= 4 is 10.8 Å². The summed E-state index contributed by atoms with van der Waals surface area (Å²) in [5, 5.41) is 2.72. The molecular formula is C29H30Y-2. The van der Waals surface area contributed by atoms with Crippen LogP contribution in [0.1, 0.15) is 61.1 Å². The Labute approximate surface area is 207 Å². The van der Waals surface area contributed by atoms with Crippen LogP contribution in [0.5, 0.6) is 0 Å². The monoisotopic (exact) mass is 467 g/mol. The molecule has 0 saturated heterocycles. The van der Waals surface area contributed by atoms with Crippen LogP contribution in [0, 0.1) is 12.1 Å². The fourth-order valence-electron chi connectivity index (χ4n) is 4.00. The zero-order chi connectivity index (χ0) is 20.6. The molecule has 4 aromatic carbocycles. The molecule has 0 atom stereocenters. The first-order valence-electron chi connectivity index (χ1n) is 10.9. The van der Waals surface area contributed by atoms with Crippen LogP contribution in [-0.4, -0.2) is 0 Å². The van der Waals surface area contributed by atoms with Crippen molar-refractivity contribution in [3.63, 3.8) is 0 Å². The molecule has 0 aliphatic heterocycles. The van der Waals surface area contributed by atoms with E-state index in [4.69, 9.17) is 0 Å². The molecular weight excluding hydrogens is 437 g/mol. The molecule has 0 bridgehead atoms. The van der Waals surface area contributed by atoms with Gasteiger partial charge in [-0.3, -0.25) is 0 Å². The predicted molar refractivity (Wildman–Crippen MR) is 126 cm³/mol. The van der Waals surface area contributed by atoms with Gasteiger partial charge >= 0.3 is 0 Å². The minimum Gasteiger partial charge on any atom is -0.180 e. The van der Waals surface area contributed by atoms with Crippen molar-refractivity contribution in [2.75, 3.05) is 0 Å². The van der Waals surface area contributed by atoms with Gasteiger partial charge in [0.15, 0.2) is 0 Å². The molecule has 0 fully saturated rings. The first-order valence-corrected chi connectivity index (χ1v) is 10.9. The maximum atomic E-state index is 3.78. The molecule has 151 valence electrons. The van der Waals surface area contributed by atoms with Crippen molar-refractivity contribution in [3.05, 3.63) is 118 Å². The van der Waals surface area contributed by atoms with E-state index >= 15 is 0 Å². The fraction of sp³-hybridized carbons (Fsp3) is 0.241. The Bertz CT molecular complexity index is 1060. The second-order valence-corrected chi connectivity index (χ2v) is 6.79. The van der Waals surface area contributed by atoms with E-state index in [1.54, 1.807) is 0 Å². The SMILES string of the molecule is CC.CC.[Y].[c-]1ccccc1Cc1[c-]c2c(c3ccccc13)Cc1ccccc1C2. The van der Waals surface area contributed by atoms with E-state index in [1.807, 2.05) is 39.8 Å². The third kappa shape index (κ3) is 5.29. The molecule has 0 aromatic heterocycles. The summed E-state index contributed by atoms with van der Waals surface area (Å²) in [5.74, 6) is 0. The normalized spacial score (nSPS) is 10.9. The van der Waals surface area contributed by atoms with Gasteiger partial charge in [0.05, 0.1) is 0 Å². The summed E-state index contributed by atoms with van der Waals surface area (Å²) in [6.45, 7) is 8.00. The minimum absolute atomic E-state index is 0. The summed E-state index contributed by atoms with van der Waals surface area (Å²) in [6.07, 6.45) is 2.89. The Balaban J connectivity index is 0.000000607. The molecule has 1 heteroatoms. The quantitative estimate of drug-likeness (QED) is 0.235. The average Bonchev–Trinajstić information content (AvgIpc) is 2.81. The largest absolute Gasteiger partial charge is 0.180 e. The van der Waals surface area contributed by atoms with E-state index in [1.165, 1.54) is 44.2 Å². The molecule has 0 N–H and O–H groups in total. The van der Waals surface area contributed by atoms with Crippen LogP contribution in [0.3, 0.4) is 0 Å². The van der Waals surface area contributed by atoms with Gasteiger partial charge in [-0.15, -0.1) is 22.4 Å². The topological polar surface area (TPSA) is 0 Å². The van der Waals surface area contributed by atoms with E-state index in [0.29, 0.717) is 0 Å². The summed E-state index contributed by atoms with van der Waals surface area (Å²) in [7, 11) is 0. The van der Waals surface area contributed by atoms with Gasteiger partial charge < -0.3 is 0 Å². The Kier molecular flexibility index (Phi) is 9.96. The van der Waals surface area contributed by atoms with Gasteiger partial charge in [-0.05, 0) is 24.8 Å². The minimum atomic E-state index is 0. The molecule has 0 unspecified atom stereocenters. The Hall–Kier alpha value is -1.76. The molecule has 0 amide bonds. The Morgan fingerprint density at radius 3 is 1.97 bits per heavy atom. The van der Waals surface area contributed by atoms with Crippen molar-refractivity contribution in [2.45, 2.75) is 47.0 Å². The van der Waals surface area contributed by atoms with Gasteiger partial charge in [-0.2, -0.15) is 53.1 Å². The van der Waals surface area contributed by atoms with Crippen LogP contribution in [0.15, 0.2) is 72.8 Å². The third-order valence-corrected chi connectivity index (χ3v) is 5.24. The van der Waals surface area contributed by atoms with E-state index in [-0.39, 0.29) is 32.7 Å². The molecule has 5 rings (SSSR count). The molecule has 1 radical (unpaired) electrons. The second kappa shape index (κ2) is 12.2. The van der Waals surface area contributed by atoms with Gasteiger partial charge in [0.2, 0.25) is 0 Å². The molecule has 0 saturated carbocycles. The zero-order valence-corrected chi connectivity index (χ0v) is 21.5. The summed E-state index contributed by atoms with van der Waals surface area (Å²) in [4.78, 5) is 0. The molecule has 0 nitrogen and oxygen atoms in total. The average molecular weight is 467 g/mol. The zero-order valence-electron chi connectivity index (χ0n) is 18.6. The number of benzene rings is 4. The maximum absolute atomic E-state index is 3.78. The first kappa shape index (κ1) is 24.5. The summed E-state index contributed by atoms with van der Waals surface area (Å²) >= 11 is 0. The summed E-state index contributed by atoms with van der Waals surface area (Å²) in [6, 6.07) is 33.0.